The molecule has 1 aliphatic rings. The van der Waals surface area contributed by atoms with Crippen LogP contribution in [0.3, 0.4) is 0 Å². The van der Waals surface area contributed by atoms with E-state index in [-0.39, 0.29) is 11.4 Å². The smallest absolute Gasteiger partial charge is 0.151 e. The minimum absolute atomic E-state index is 0.0528. The normalized spacial score (nSPS) is 15.9. The van der Waals surface area contributed by atoms with Gasteiger partial charge in [0.1, 0.15) is 5.75 Å². The Morgan fingerprint density at radius 1 is 1.29 bits per heavy atom. The molecule has 2 rings (SSSR count). The molecule has 4 nitrogen and oxygen atoms in total. The van der Waals surface area contributed by atoms with E-state index in [4.69, 9.17) is 0 Å². The highest BCUT2D eigenvalue weighted by Gasteiger charge is 2.13. The van der Waals surface area contributed by atoms with Crippen LogP contribution in [-0.2, 0) is 0 Å². The first-order valence-corrected chi connectivity index (χ1v) is 4.72. The van der Waals surface area contributed by atoms with Gasteiger partial charge in [-0.2, -0.15) is 0 Å². The Hall–Kier alpha value is -1.58. The fraction of sp³-hybridized carbons (Fsp3) is 0.400. The first-order valence-electron chi connectivity index (χ1n) is 4.72. The lowest BCUT2D eigenvalue weighted by Gasteiger charge is -2.17. The second-order valence-corrected chi connectivity index (χ2v) is 3.46. The van der Waals surface area contributed by atoms with Gasteiger partial charge in [-0.25, -0.2) is 0 Å². The molecule has 14 heavy (non-hydrogen) atoms. The third-order valence-corrected chi connectivity index (χ3v) is 2.53. The van der Waals surface area contributed by atoms with Crippen molar-refractivity contribution in [2.75, 3.05) is 18.0 Å². The monoisotopic (exact) mass is 192 g/mol. The number of hydrogen-bond acceptors (Lipinski definition) is 4. The molecule has 1 N–H and O–H groups in total. The van der Waals surface area contributed by atoms with Crippen molar-refractivity contribution >= 4 is 11.4 Å². The number of nitrogens with zero attached hydrogens (tertiary/aromatic N) is 2. The Morgan fingerprint density at radius 2 is 2.00 bits per heavy atom. The molecule has 0 saturated carbocycles. The van der Waals surface area contributed by atoms with Crippen LogP contribution in [0.25, 0.3) is 0 Å². The molecule has 1 aliphatic heterocycles. The van der Waals surface area contributed by atoms with Gasteiger partial charge < -0.3 is 10.0 Å². The van der Waals surface area contributed by atoms with Crippen LogP contribution in [0.1, 0.15) is 12.8 Å². The summed E-state index contributed by atoms with van der Waals surface area (Å²) in [6.07, 6.45) is 2.37. The fourth-order valence-electron chi connectivity index (χ4n) is 1.76. The van der Waals surface area contributed by atoms with Gasteiger partial charge in [-0.15, -0.1) is 4.91 Å². The molecule has 4 heteroatoms. The predicted octanol–water partition coefficient (Wildman–Crippen LogP) is 2.39. The molecule has 0 aliphatic carbocycles. The molecule has 0 atom stereocenters. The van der Waals surface area contributed by atoms with E-state index in [9.17, 15) is 10.0 Å². The van der Waals surface area contributed by atoms with Gasteiger partial charge in [-0.1, -0.05) is 0 Å². The number of rotatable bonds is 2. The number of phenolic OH excluding ortho intramolecular Hbond substituents is 1. The Labute approximate surface area is 82.1 Å². The lowest BCUT2D eigenvalue weighted by atomic mass is 10.2. The topological polar surface area (TPSA) is 52.9 Å². The lowest BCUT2D eigenvalue weighted by molar-refractivity contribution is 0.477. The van der Waals surface area contributed by atoms with Gasteiger partial charge in [0.15, 0.2) is 5.69 Å². The van der Waals surface area contributed by atoms with Crippen molar-refractivity contribution in [1.82, 2.24) is 0 Å². The second kappa shape index (κ2) is 3.65. The average Bonchev–Trinajstić information content (AvgIpc) is 2.71. The van der Waals surface area contributed by atoms with Crippen molar-refractivity contribution in [3.8, 4) is 5.75 Å². The van der Waals surface area contributed by atoms with E-state index >= 15 is 0 Å². The van der Waals surface area contributed by atoms with Gasteiger partial charge in [0.25, 0.3) is 0 Å². The van der Waals surface area contributed by atoms with E-state index in [2.05, 4.69) is 10.1 Å². The highest BCUT2D eigenvalue weighted by molar-refractivity contribution is 5.62. The van der Waals surface area contributed by atoms with E-state index in [0.717, 1.165) is 18.8 Å². The van der Waals surface area contributed by atoms with Gasteiger partial charge in [0, 0.05) is 18.8 Å². The molecular formula is C10H12N2O2. The molecule has 0 amide bonds. The number of anilines is 1. The van der Waals surface area contributed by atoms with Crippen LogP contribution >= 0.6 is 0 Å². The minimum atomic E-state index is -0.0528. The van der Waals surface area contributed by atoms with Crippen LogP contribution in [-0.4, -0.2) is 18.2 Å². The Morgan fingerprint density at radius 3 is 2.64 bits per heavy atom. The van der Waals surface area contributed by atoms with Gasteiger partial charge in [-0.3, -0.25) is 0 Å². The Balaban J connectivity index is 2.30. The van der Waals surface area contributed by atoms with Crippen LogP contribution in [0.15, 0.2) is 23.4 Å². The number of phenols is 1. The van der Waals surface area contributed by atoms with Crippen molar-refractivity contribution in [2.24, 2.45) is 5.18 Å². The highest BCUT2D eigenvalue weighted by atomic mass is 16.3. The molecule has 0 spiro atoms. The molecule has 0 radical (unpaired) electrons. The lowest BCUT2D eigenvalue weighted by Crippen LogP contribution is -2.17. The van der Waals surface area contributed by atoms with Gasteiger partial charge in [0.2, 0.25) is 0 Å². The second-order valence-electron chi connectivity index (χ2n) is 3.46. The predicted molar refractivity (Wildman–Crippen MR) is 55.0 cm³/mol. The van der Waals surface area contributed by atoms with Crippen LogP contribution in [0.5, 0.6) is 5.75 Å². The Bertz CT molecular complexity index is 346. The standard InChI is InChI=1S/C10H12N2O2/c13-10-4-3-8(7-9(10)11-14)12-5-1-2-6-12/h3-4,7,13H,1-2,5-6H2. The quantitative estimate of drug-likeness (QED) is 0.732. The molecule has 0 aromatic heterocycles. The van der Waals surface area contributed by atoms with Gasteiger partial charge >= 0.3 is 0 Å². The zero-order valence-electron chi connectivity index (χ0n) is 7.81. The largest absolute Gasteiger partial charge is 0.506 e. The number of benzene rings is 1. The van der Waals surface area contributed by atoms with Crippen molar-refractivity contribution in [1.29, 1.82) is 0 Å². The molecule has 1 heterocycles. The van der Waals surface area contributed by atoms with Crippen molar-refractivity contribution < 1.29 is 5.11 Å². The molecule has 1 fully saturated rings. The highest BCUT2D eigenvalue weighted by Crippen LogP contribution is 2.31. The summed E-state index contributed by atoms with van der Waals surface area (Å²) >= 11 is 0. The summed E-state index contributed by atoms with van der Waals surface area (Å²) in [6, 6.07) is 4.97. The molecule has 74 valence electrons. The van der Waals surface area contributed by atoms with Gasteiger partial charge in [-0.05, 0) is 36.2 Å². The fourth-order valence-corrected chi connectivity index (χ4v) is 1.76. The van der Waals surface area contributed by atoms with Crippen LogP contribution in [0.4, 0.5) is 11.4 Å². The summed E-state index contributed by atoms with van der Waals surface area (Å²) in [6.45, 7) is 2.03. The van der Waals surface area contributed by atoms with Crippen molar-refractivity contribution in [2.45, 2.75) is 12.8 Å². The molecule has 1 saturated heterocycles. The average molecular weight is 192 g/mol. The van der Waals surface area contributed by atoms with Crippen LogP contribution < -0.4 is 4.90 Å². The molecule has 0 bridgehead atoms. The molecular weight excluding hydrogens is 180 g/mol. The molecule has 0 unspecified atom stereocenters. The first-order chi connectivity index (χ1) is 6.81. The SMILES string of the molecule is O=Nc1cc(N2CCCC2)ccc1O. The van der Waals surface area contributed by atoms with Crippen LogP contribution in [0, 0.1) is 4.91 Å². The summed E-state index contributed by atoms with van der Waals surface area (Å²) in [5.74, 6) is -0.0528. The summed E-state index contributed by atoms with van der Waals surface area (Å²) in [4.78, 5) is 12.6. The Kier molecular flexibility index (Phi) is 2.35. The summed E-state index contributed by atoms with van der Waals surface area (Å²) in [5.41, 5.74) is 1.09. The van der Waals surface area contributed by atoms with E-state index in [1.165, 1.54) is 18.9 Å². The summed E-state index contributed by atoms with van der Waals surface area (Å²) in [5, 5.41) is 12.0. The molecule has 1 aromatic carbocycles. The van der Waals surface area contributed by atoms with Crippen LogP contribution in [0.2, 0.25) is 0 Å². The summed E-state index contributed by atoms with van der Waals surface area (Å²) < 4.78 is 0. The number of hydrogen-bond donors (Lipinski definition) is 1. The maximum atomic E-state index is 10.4. The summed E-state index contributed by atoms with van der Waals surface area (Å²) in [7, 11) is 0. The first kappa shape index (κ1) is 8.99. The van der Waals surface area contributed by atoms with E-state index < -0.39 is 0 Å². The zero-order valence-corrected chi connectivity index (χ0v) is 7.81. The van der Waals surface area contributed by atoms with Crippen molar-refractivity contribution in [3.05, 3.63) is 23.1 Å². The third-order valence-electron chi connectivity index (χ3n) is 2.53. The van der Waals surface area contributed by atoms with E-state index in [1.54, 1.807) is 6.07 Å². The van der Waals surface area contributed by atoms with E-state index in [0.29, 0.717) is 0 Å². The number of nitroso groups, excluding NO2 is 1. The minimum Gasteiger partial charge on any atom is -0.506 e. The third kappa shape index (κ3) is 1.55. The maximum absolute atomic E-state index is 10.4. The molecule has 1 aromatic rings. The van der Waals surface area contributed by atoms with Gasteiger partial charge in [0.05, 0.1) is 0 Å². The van der Waals surface area contributed by atoms with Crippen molar-refractivity contribution in [3.63, 3.8) is 0 Å². The number of aromatic hydroxyl groups is 1. The van der Waals surface area contributed by atoms with E-state index in [1.807, 2.05) is 6.07 Å². The zero-order chi connectivity index (χ0) is 9.97. The maximum Gasteiger partial charge on any atom is 0.151 e.